The Kier molecular flexibility index (Phi) is 5.58. The van der Waals surface area contributed by atoms with E-state index in [0.717, 1.165) is 10.0 Å². The number of halogens is 1. The van der Waals surface area contributed by atoms with Gasteiger partial charge in [0.2, 0.25) is 0 Å². The fourth-order valence-corrected chi connectivity index (χ4v) is 1.49. The second-order valence-corrected chi connectivity index (χ2v) is 4.41. The zero-order valence-corrected chi connectivity index (χ0v) is 11.7. The summed E-state index contributed by atoms with van der Waals surface area (Å²) in [6, 6.07) is 7.38. The third-order valence-electron chi connectivity index (χ3n) is 2.09. The second kappa shape index (κ2) is 6.96. The predicted octanol–water partition coefficient (Wildman–Crippen LogP) is 2.57. The minimum absolute atomic E-state index is 0.0991. The average Bonchev–Trinajstić information content (AvgIpc) is 2.35. The average molecular weight is 313 g/mol. The summed E-state index contributed by atoms with van der Waals surface area (Å²) in [5.41, 5.74) is 1.11. The summed E-state index contributed by atoms with van der Waals surface area (Å²) in [7, 11) is 1.28. The lowest BCUT2D eigenvalue weighted by Gasteiger charge is -2.06. The SMILES string of the molecule is COC(=O)/C(=C/c1ccc(Br)cc1)COC(C)=O. The Hall–Kier alpha value is -1.62. The molecule has 0 aliphatic carbocycles. The first-order valence-electron chi connectivity index (χ1n) is 5.20. The number of hydrogen-bond donors (Lipinski definition) is 0. The summed E-state index contributed by atoms with van der Waals surface area (Å²) in [6.07, 6.45) is 1.63. The quantitative estimate of drug-likeness (QED) is 0.633. The molecule has 0 atom stereocenters. The van der Waals surface area contributed by atoms with Gasteiger partial charge in [0.1, 0.15) is 6.61 Å². The van der Waals surface area contributed by atoms with Gasteiger partial charge in [0.05, 0.1) is 12.7 Å². The van der Waals surface area contributed by atoms with Crippen LogP contribution < -0.4 is 0 Å². The van der Waals surface area contributed by atoms with Crippen LogP contribution in [0, 0.1) is 0 Å². The van der Waals surface area contributed by atoms with E-state index in [1.165, 1.54) is 14.0 Å². The number of esters is 2. The first-order valence-corrected chi connectivity index (χ1v) is 6.00. The zero-order valence-electron chi connectivity index (χ0n) is 10.1. The molecule has 5 heteroatoms. The minimum Gasteiger partial charge on any atom is -0.466 e. The second-order valence-electron chi connectivity index (χ2n) is 3.49. The maximum absolute atomic E-state index is 11.5. The van der Waals surface area contributed by atoms with Gasteiger partial charge in [-0.2, -0.15) is 0 Å². The summed E-state index contributed by atoms with van der Waals surface area (Å²) in [5, 5.41) is 0. The van der Waals surface area contributed by atoms with Crippen LogP contribution in [-0.4, -0.2) is 25.7 Å². The van der Waals surface area contributed by atoms with E-state index in [9.17, 15) is 9.59 Å². The van der Waals surface area contributed by atoms with E-state index >= 15 is 0 Å². The van der Waals surface area contributed by atoms with Gasteiger partial charge in [-0.1, -0.05) is 28.1 Å². The maximum atomic E-state index is 11.5. The molecule has 0 amide bonds. The molecule has 96 valence electrons. The molecule has 0 aromatic heterocycles. The molecule has 0 radical (unpaired) electrons. The van der Waals surface area contributed by atoms with Crippen LogP contribution in [0.5, 0.6) is 0 Å². The van der Waals surface area contributed by atoms with Gasteiger partial charge in [-0.25, -0.2) is 4.79 Å². The van der Waals surface area contributed by atoms with Crippen molar-refractivity contribution < 1.29 is 19.1 Å². The Labute approximate surface area is 114 Å². The molecule has 4 nitrogen and oxygen atoms in total. The van der Waals surface area contributed by atoms with Crippen molar-refractivity contribution in [2.24, 2.45) is 0 Å². The van der Waals surface area contributed by atoms with Crippen molar-refractivity contribution in [3.05, 3.63) is 39.9 Å². The van der Waals surface area contributed by atoms with Crippen LogP contribution in [0.25, 0.3) is 6.08 Å². The van der Waals surface area contributed by atoms with Gasteiger partial charge in [0.25, 0.3) is 0 Å². The van der Waals surface area contributed by atoms with E-state index in [-0.39, 0.29) is 12.2 Å². The summed E-state index contributed by atoms with van der Waals surface area (Å²) >= 11 is 3.32. The zero-order chi connectivity index (χ0) is 13.5. The van der Waals surface area contributed by atoms with Gasteiger partial charge in [0.15, 0.2) is 0 Å². The van der Waals surface area contributed by atoms with Crippen molar-refractivity contribution in [1.29, 1.82) is 0 Å². The number of rotatable bonds is 4. The molecule has 1 aromatic rings. The maximum Gasteiger partial charge on any atom is 0.337 e. The molecule has 1 rings (SSSR count). The Bertz CT molecular complexity index is 462. The molecule has 0 N–H and O–H groups in total. The molecule has 1 aromatic carbocycles. The number of hydrogen-bond acceptors (Lipinski definition) is 4. The predicted molar refractivity (Wildman–Crippen MR) is 70.8 cm³/mol. The van der Waals surface area contributed by atoms with E-state index in [2.05, 4.69) is 20.7 Å². The van der Waals surface area contributed by atoms with Crippen molar-refractivity contribution in [1.82, 2.24) is 0 Å². The third-order valence-corrected chi connectivity index (χ3v) is 2.62. The van der Waals surface area contributed by atoms with Crippen LogP contribution in [0.1, 0.15) is 12.5 Å². The highest BCUT2D eigenvalue weighted by molar-refractivity contribution is 9.10. The fraction of sp³-hybridized carbons (Fsp3) is 0.231. The van der Waals surface area contributed by atoms with Gasteiger partial charge in [-0.15, -0.1) is 0 Å². The van der Waals surface area contributed by atoms with Crippen LogP contribution >= 0.6 is 15.9 Å². The molecule has 0 unspecified atom stereocenters. The number of carbonyl (C=O) groups excluding carboxylic acids is 2. The molecule has 0 bridgehead atoms. The van der Waals surface area contributed by atoms with E-state index in [1.807, 2.05) is 24.3 Å². The van der Waals surface area contributed by atoms with Crippen LogP contribution in [0.2, 0.25) is 0 Å². The number of methoxy groups -OCH3 is 1. The summed E-state index contributed by atoms with van der Waals surface area (Å²) in [6.45, 7) is 1.19. The normalized spacial score (nSPS) is 10.9. The van der Waals surface area contributed by atoms with Gasteiger partial charge in [0, 0.05) is 11.4 Å². The van der Waals surface area contributed by atoms with Crippen LogP contribution in [0.15, 0.2) is 34.3 Å². The summed E-state index contributed by atoms with van der Waals surface area (Å²) < 4.78 is 10.4. The number of carbonyl (C=O) groups is 2. The van der Waals surface area contributed by atoms with E-state index < -0.39 is 11.9 Å². The first kappa shape index (κ1) is 14.4. The Morgan fingerprint density at radius 1 is 1.28 bits per heavy atom. The van der Waals surface area contributed by atoms with Crippen LogP contribution in [0.3, 0.4) is 0 Å². The monoisotopic (exact) mass is 312 g/mol. The molecule has 0 aliphatic heterocycles. The highest BCUT2D eigenvalue weighted by Crippen LogP contribution is 2.14. The van der Waals surface area contributed by atoms with Crippen molar-refractivity contribution in [3.8, 4) is 0 Å². The Morgan fingerprint density at radius 3 is 2.39 bits per heavy atom. The molecule has 0 heterocycles. The molecule has 0 saturated carbocycles. The van der Waals surface area contributed by atoms with Gasteiger partial charge in [-0.05, 0) is 23.8 Å². The molecule has 0 saturated heterocycles. The van der Waals surface area contributed by atoms with E-state index in [4.69, 9.17) is 4.74 Å². The minimum atomic E-state index is -0.515. The molecule has 18 heavy (non-hydrogen) atoms. The van der Waals surface area contributed by atoms with Crippen molar-refractivity contribution in [2.45, 2.75) is 6.92 Å². The Morgan fingerprint density at radius 2 is 1.89 bits per heavy atom. The van der Waals surface area contributed by atoms with Gasteiger partial charge < -0.3 is 9.47 Å². The molecule has 0 fully saturated rings. The molecular weight excluding hydrogens is 300 g/mol. The lowest BCUT2D eigenvalue weighted by molar-refractivity contribution is -0.141. The van der Waals surface area contributed by atoms with Crippen LogP contribution in [0.4, 0.5) is 0 Å². The van der Waals surface area contributed by atoms with Gasteiger partial charge in [-0.3, -0.25) is 4.79 Å². The first-order chi connectivity index (χ1) is 8.52. The standard InChI is InChI=1S/C13H13BrO4/c1-9(15)18-8-11(13(16)17-2)7-10-3-5-12(14)6-4-10/h3-7H,8H2,1-2H3/b11-7+. The smallest absolute Gasteiger partial charge is 0.337 e. The summed E-state index contributed by atoms with van der Waals surface area (Å²) in [5.74, 6) is -0.959. The highest BCUT2D eigenvalue weighted by atomic mass is 79.9. The molecule has 0 spiro atoms. The van der Waals surface area contributed by atoms with E-state index in [0.29, 0.717) is 0 Å². The Balaban J connectivity index is 2.90. The highest BCUT2D eigenvalue weighted by Gasteiger charge is 2.11. The lowest BCUT2D eigenvalue weighted by atomic mass is 10.1. The fourth-order valence-electron chi connectivity index (χ4n) is 1.23. The summed E-state index contributed by atoms with van der Waals surface area (Å²) in [4.78, 5) is 22.3. The third kappa shape index (κ3) is 4.71. The molecular formula is C13H13BrO4. The van der Waals surface area contributed by atoms with Crippen LogP contribution in [-0.2, 0) is 19.1 Å². The number of benzene rings is 1. The number of ether oxygens (including phenoxy) is 2. The molecule has 0 aliphatic rings. The van der Waals surface area contributed by atoms with Gasteiger partial charge >= 0.3 is 11.9 Å². The largest absolute Gasteiger partial charge is 0.466 e. The van der Waals surface area contributed by atoms with Crippen molar-refractivity contribution in [3.63, 3.8) is 0 Å². The van der Waals surface area contributed by atoms with E-state index in [1.54, 1.807) is 6.08 Å². The topological polar surface area (TPSA) is 52.6 Å². The van der Waals surface area contributed by atoms with Crippen molar-refractivity contribution >= 4 is 33.9 Å². The van der Waals surface area contributed by atoms with Crippen molar-refractivity contribution in [2.75, 3.05) is 13.7 Å². The lowest BCUT2D eigenvalue weighted by Crippen LogP contribution is -2.12.